The summed E-state index contributed by atoms with van der Waals surface area (Å²) in [5.74, 6) is -0.832. The van der Waals surface area contributed by atoms with Crippen molar-refractivity contribution in [2.45, 2.75) is 55.9 Å². The quantitative estimate of drug-likeness (QED) is 0.758. The third-order valence-electron chi connectivity index (χ3n) is 6.80. The Morgan fingerprint density at radius 1 is 1.06 bits per heavy atom. The molecule has 0 saturated carbocycles. The summed E-state index contributed by atoms with van der Waals surface area (Å²) in [7, 11) is -3.50. The molecule has 7 heteroatoms. The van der Waals surface area contributed by atoms with E-state index in [2.05, 4.69) is 0 Å². The lowest BCUT2D eigenvalue weighted by atomic mass is 9.74. The summed E-state index contributed by atoms with van der Waals surface area (Å²) >= 11 is 0. The number of nitrogens with zero attached hydrogens (tertiary/aromatic N) is 1. The average Bonchev–Trinajstić information content (AvgIpc) is 2.78. The number of carboxylic acids is 1. The van der Waals surface area contributed by atoms with Crippen molar-refractivity contribution in [3.63, 3.8) is 0 Å². The normalized spacial score (nSPS) is 25.7. The minimum atomic E-state index is -3.50. The zero-order valence-electron chi connectivity index (χ0n) is 17.7. The molecule has 0 spiro atoms. The minimum absolute atomic E-state index is 0.0782. The summed E-state index contributed by atoms with van der Waals surface area (Å²) in [5, 5.41) is 9.34. The predicted octanol–water partition coefficient (Wildman–Crippen LogP) is 3.87. The van der Waals surface area contributed by atoms with E-state index < -0.39 is 26.7 Å². The van der Waals surface area contributed by atoms with Gasteiger partial charge in [0, 0.05) is 25.8 Å². The Morgan fingerprint density at radius 3 is 2.32 bits per heavy atom. The Balaban J connectivity index is 1.57. The Labute approximate surface area is 183 Å². The van der Waals surface area contributed by atoms with E-state index in [4.69, 9.17) is 4.74 Å². The summed E-state index contributed by atoms with van der Waals surface area (Å²) < 4.78 is 33.8. The molecule has 2 aliphatic heterocycles. The largest absolute Gasteiger partial charge is 0.481 e. The zero-order valence-corrected chi connectivity index (χ0v) is 18.6. The molecule has 0 aliphatic carbocycles. The molecule has 0 unspecified atom stereocenters. The highest BCUT2D eigenvalue weighted by Crippen LogP contribution is 2.39. The lowest BCUT2D eigenvalue weighted by Gasteiger charge is -2.37. The van der Waals surface area contributed by atoms with Crippen LogP contribution in [0.3, 0.4) is 0 Å². The molecule has 2 aromatic carbocycles. The Bertz CT molecular complexity index is 1010. The van der Waals surface area contributed by atoms with Crippen molar-refractivity contribution >= 4 is 16.0 Å². The second-order valence-electron chi connectivity index (χ2n) is 8.61. The van der Waals surface area contributed by atoms with Crippen molar-refractivity contribution in [3.05, 3.63) is 71.3 Å². The number of carboxylic acid groups (broad SMARTS) is 1. The van der Waals surface area contributed by atoms with E-state index in [0.717, 1.165) is 23.1 Å². The van der Waals surface area contributed by atoms with E-state index in [9.17, 15) is 18.3 Å². The first kappa shape index (κ1) is 22.0. The number of benzene rings is 2. The number of sulfonamides is 1. The van der Waals surface area contributed by atoms with Crippen LogP contribution < -0.4 is 0 Å². The maximum atomic E-state index is 13.4. The lowest BCUT2D eigenvalue weighted by Crippen LogP contribution is -2.44. The summed E-state index contributed by atoms with van der Waals surface area (Å²) in [6.45, 7) is 3.10. The van der Waals surface area contributed by atoms with Gasteiger partial charge in [0.2, 0.25) is 10.0 Å². The zero-order chi connectivity index (χ0) is 22.1. The summed E-state index contributed by atoms with van der Waals surface area (Å²) in [6, 6.07) is 16.7. The van der Waals surface area contributed by atoms with Crippen molar-refractivity contribution in [1.82, 2.24) is 4.31 Å². The standard InChI is InChI=1S/C24H29NO5S/c1-18-7-12-22(20-5-3-2-4-6-20)31(28,29)25(18)17-19-8-10-21(11-9-19)24(23(26)27)13-15-30-16-14-24/h2-6,8-11,18,22H,7,12-17H2,1H3,(H,26,27)/t18-,22+/m0/s1. The number of carbonyl (C=O) groups is 1. The molecule has 31 heavy (non-hydrogen) atoms. The summed E-state index contributed by atoms with van der Waals surface area (Å²) in [4.78, 5) is 12.0. The molecular formula is C24H29NO5S. The highest BCUT2D eigenvalue weighted by Gasteiger charge is 2.42. The first-order valence-corrected chi connectivity index (χ1v) is 12.3. The first-order chi connectivity index (χ1) is 14.8. The van der Waals surface area contributed by atoms with E-state index in [1.807, 2.05) is 61.5 Å². The second kappa shape index (κ2) is 8.73. The minimum Gasteiger partial charge on any atom is -0.481 e. The van der Waals surface area contributed by atoms with Crippen LogP contribution in [-0.2, 0) is 31.5 Å². The van der Waals surface area contributed by atoms with Crippen molar-refractivity contribution in [1.29, 1.82) is 0 Å². The molecule has 0 radical (unpaired) electrons. The molecule has 6 nitrogen and oxygen atoms in total. The SMILES string of the molecule is C[C@H]1CC[C@H](c2ccccc2)S(=O)(=O)N1Cc1ccc(C2(C(=O)O)CCOCC2)cc1. The number of rotatable bonds is 5. The molecule has 2 saturated heterocycles. The van der Waals surface area contributed by atoms with Gasteiger partial charge >= 0.3 is 5.97 Å². The van der Waals surface area contributed by atoms with Gasteiger partial charge in [-0.3, -0.25) is 4.79 Å². The number of ether oxygens (including phenoxy) is 1. The summed E-state index contributed by atoms with van der Waals surface area (Å²) in [6.07, 6.45) is 2.31. The predicted molar refractivity (Wildman–Crippen MR) is 118 cm³/mol. The molecular weight excluding hydrogens is 414 g/mol. The topological polar surface area (TPSA) is 83.9 Å². The van der Waals surface area contributed by atoms with Crippen LogP contribution in [0.2, 0.25) is 0 Å². The molecule has 2 heterocycles. The van der Waals surface area contributed by atoms with Crippen LogP contribution in [0.1, 0.15) is 54.5 Å². The highest BCUT2D eigenvalue weighted by molar-refractivity contribution is 7.89. The van der Waals surface area contributed by atoms with Gasteiger partial charge in [0.05, 0.1) is 5.41 Å². The smallest absolute Gasteiger partial charge is 0.314 e. The van der Waals surface area contributed by atoms with Gasteiger partial charge in [0.25, 0.3) is 0 Å². The molecule has 2 fully saturated rings. The molecule has 2 atom stereocenters. The molecule has 2 aliphatic rings. The third-order valence-corrected chi connectivity index (χ3v) is 9.17. The Kier molecular flexibility index (Phi) is 6.19. The maximum absolute atomic E-state index is 13.4. The molecule has 0 amide bonds. The second-order valence-corrected chi connectivity index (χ2v) is 10.7. The fourth-order valence-electron chi connectivity index (χ4n) is 4.81. The fourth-order valence-corrected chi connectivity index (χ4v) is 7.00. The van der Waals surface area contributed by atoms with Gasteiger partial charge < -0.3 is 9.84 Å². The van der Waals surface area contributed by atoms with Gasteiger partial charge in [0.1, 0.15) is 5.25 Å². The third kappa shape index (κ3) is 4.14. The Hall–Kier alpha value is -2.22. The molecule has 166 valence electrons. The van der Waals surface area contributed by atoms with Crippen LogP contribution in [0.15, 0.2) is 54.6 Å². The van der Waals surface area contributed by atoms with Crippen molar-refractivity contribution in [2.75, 3.05) is 13.2 Å². The van der Waals surface area contributed by atoms with E-state index in [1.54, 1.807) is 4.31 Å². The number of hydrogen-bond donors (Lipinski definition) is 1. The molecule has 4 rings (SSSR count). The van der Waals surface area contributed by atoms with Crippen LogP contribution in [0.25, 0.3) is 0 Å². The summed E-state index contributed by atoms with van der Waals surface area (Å²) in [5.41, 5.74) is 1.52. The van der Waals surface area contributed by atoms with E-state index >= 15 is 0 Å². The molecule has 1 N–H and O–H groups in total. The average molecular weight is 444 g/mol. The van der Waals surface area contributed by atoms with Crippen LogP contribution in [0.4, 0.5) is 0 Å². The van der Waals surface area contributed by atoms with Gasteiger partial charge in [-0.25, -0.2) is 8.42 Å². The van der Waals surface area contributed by atoms with Crippen LogP contribution in [0, 0.1) is 0 Å². The van der Waals surface area contributed by atoms with Gasteiger partial charge in [-0.2, -0.15) is 4.31 Å². The van der Waals surface area contributed by atoms with Crippen LogP contribution >= 0.6 is 0 Å². The van der Waals surface area contributed by atoms with E-state index in [1.165, 1.54) is 0 Å². The van der Waals surface area contributed by atoms with Gasteiger partial charge in [-0.05, 0) is 49.3 Å². The van der Waals surface area contributed by atoms with Gasteiger partial charge in [-0.1, -0.05) is 54.6 Å². The first-order valence-electron chi connectivity index (χ1n) is 10.8. The van der Waals surface area contributed by atoms with Crippen molar-refractivity contribution in [2.24, 2.45) is 0 Å². The van der Waals surface area contributed by atoms with Crippen LogP contribution in [0.5, 0.6) is 0 Å². The van der Waals surface area contributed by atoms with Gasteiger partial charge in [0.15, 0.2) is 0 Å². The van der Waals surface area contributed by atoms with Gasteiger partial charge in [-0.15, -0.1) is 0 Å². The van der Waals surface area contributed by atoms with E-state index in [-0.39, 0.29) is 12.6 Å². The van der Waals surface area contributed by atoms with E-state index in [0.29, 0.717) is 32.5 Å². The number of aliphatic carboxylic acids is 1. The molecule has 0 aromatic heterocycles. The van der Waals surface area contributed by atoms with Crippen molar-refractivity contribution in [3.8, 4) is 0 Å². The number of hydrogen-bond acceptors (Lipinski definition) is 4. The molecule has 2 aromatic rings. The van der Waals surface area contributed by atoms with Crippen LogP contribution in [-0.4, -0.2) is 43.1 Å². The maximum Gasteiger partial charge on any atom is 0.314 e. The lowest BCUT2D eigenvalue weighted by molar-refractivity contribution is -0.147. The van der Waals surface area contributed by atoms with Crippen molar-refractivity contribution < 1.29 is 23.1 Å². The highest BCUT2D eigenvalue weighted by atomic mass is 32.2. The molecule has 0 bridgehead atoms. The Morgan fingerprint density at radius 2 is 1.71 bits per heavy atom. The monoisotopic (exact) mass is 443 g/mol. The fraction of sp³-hybridized carbons (Fsp3) is 0.458.